The molecule has 0 spiro atoms. The van der Waals surface area contributed by atoms with E-state index in [0.29, 0.717) is 16.8 Å². The minimum atomic E-state index is -3.73. The second kappa shape index (κ2) is 10.8. The number of hydrogen-bond acceptors (Lipinski definition) is 6. The molecule has 8 nitrogen and oxygen atoms in total. The molecule has 2 aromatic carbocycles. The smallest absolute Gasteiger partial charge is 0.255 e. The lowest BCUT2D eigenvalue weighted by Crippen LogP contribution is -2.35. The summed E-state index contributed by atoms with van der Waals surface area (Å²) in [5.41, 5.74) is 2.77. The van der Waals surface area contributed by atoms with E-state index in [9.17, 15) is 13.2 Å². The summed E-state index contributed by atoms with van der Waals surface area (Å²) >= 11 is 0. The van der Waals surface area contributed by atoms with Gasteiger partial charge in [0.25, 0.3) is 5.91 Å². The van der Waals surface area contributed by atoms with Crippen LogP contribution < -0.4 is 10.0 Å². The first-order valence-electron chi connectivity index (χ1n) is 10.2. The Morgan fingerprint density at radius 1 is 1.16 bits per heavy atom. The fourth-order valence-electron chi connectivity index (χ4n) is 3.34. The zero-order valence-electron chi connectivity index (χ0n) is 17.9. The van der Waals surface area contributed by atoms with Gasteiger partial charge >= 0.3 is 0 Å². The van der Waals surface area contributed by atoms with Gasteiger partial charge in [-0.3, -0.25) is 9.69 Å². The van der Waals surface area contributed by atoms with E-state index in [1.165, 1.54) is 19.2 Å². The summed E-state index contributed by atoms with van der Waals surface area (Å²) in [4.78, 5) is 15.2. The van der Waals surface area contributed by atoms with Gasteiger partial charge in [-0.2, -0.15) is 0 Å². The van der Waals surface area contributed by atoms with Crippen molar-refractivity contribution in [2.24, 2.45) is 0 Å². The highest BCUT2D eigenvalue weighted by Gasteiger charge is 2.18. The molecule has 0 aromatic heterocycles. The van der Waals surface area contributed by atoms with E-state index < -0.39 is 10.0 Å². The molecule has 2 N–H and O–H groups in total. The van der Waals surface area contributed by atoms with Gasteiger partial charge in [-0.25, -0.2) is 13.1 Å². The molecule has 2 aromatic rings. The largest absolute Gasteiger partial charge is 0.383 e. The molecule has 1 fully saturated rings. The molecular weight excluding hydrogens is 418 g/mol. The molecule has 31 heavy (non-hydrogen) atoms. The van der Waals surface area contributed by atoms with Crippen molar-refractivity contribution in [1.29, 1.82) is 0 Å². The van der Waals surface area contributed by atoms with E-state index in [2.05, 4.69) is 14.9 Å². The van der Waals surface area contributed by atoms with Crippen LogP contribution >= 0.6 is 0 Å². The molecule has 0 bridgehead atoms. The number of nitrogens with zero attached hydrogens (tertiary/aromatic N) is 1. The Labute approximate surface area is 183 Å². The number of methoxy groups -OCH3 is 1. The van der Waals surface area contributed by atoms with Gasteiger partial charge in [-0.15, -0.1) is 0 Å². The molecule has 0 unspecified atom stereocenters. The summed E-state index contributed by atoms with van der Waals surface area (Å²) in [5.74, 6) is -0.352. The molecule has 3 rings (SSSR count). The quantitative estimate of drug-likeness (QED) is 0.571. The van der Waals surface area contributed by atoms with E-state index in [1.54, 1.807) is 13.0 Å². The fourth-order valence-corrected chi connectivity index (χ4v) is 4.38. The molecule has 9 heteroatoms. The minimum absolute atomic E-state index is 0.0421. The maximum atomic E-state index is 12.9. The van der Waals surface area contributed by atoms with E-state index in [1.807, 2.05) is 24.3 Å². The van der Waals surface area contributed by atoms with Crippen LogP contribution in [0.25, 0.3) is 0 Å². The van der Waals surface area contributed by atoms with Crippen molar-refractivity contribution in [1.82, 2.24) is 9.62 Å². The highest BCUT2D eigenvalue weighted by atomic mass is 32.2. The van der Waals surface area contributed by atoms with Crippen molar-refractivity contribution < 1.29 is 22.7 Å². The lowest BCUT2D eigenvalue weighted by atomic mass is 10.1. The number of benzene rings is 2. The van der Waals surface area contributed by atoms with Gasteiger partial charge in [0.15, 0.2) is 0 Å². The maximum Gasteiger partial charge on any atom is 0.255 e. The first-order chi connectivity index (χ1) is 14.9. The Morgan fingerprint density at radius 3 is 2.68 bits per heavy atom. The van der Waals surface area contributed by atoms with Crippen LogP contribution in [0.4, 0.5) is 5.69 Å². The summed E-state index contributed by atoms with van der Waals surface area (Å²) in [6.45, 7) is 6.21. The first kappa shape index (κ1) is 23.4. The number of nitrogens with one attached hydrogen (secondary N) is 2. The number of hydrogen-bond donors (Lipinski definition) is 2. The van der Waals surface area contributed by atoms with Crippen molar-refractivity contribution in [3.8, 4) is 0 Å². The monoisotopic (exact) mass is 447 g/mol. The Bertz CT molecular complexity index is 1000. The van der Waals surface area contributed by atoms with Crippen LogP contribution in [0.3, 0.4) is 0 Å². The predicted octanol–water partition coefficient (Wildman–Crippen LogP) is 2.00. The highest BCUT2D eigenvalue weighted by Crippen LogP contribution is 2.19. The molecule has 0 atom stereocenters. The second-order valence-electron chi connectivity index (χ2n) is 7.41. The van der Waals surface area contributed by atoms with Crippen LogP contribution in [0.1, 0.15) is 21.5 Å². The molecule has 1 aliphatic rings. The van der Waals surface area contributed by atoms with E-state index in [4.69, 9.17) is 9.47 Å². The molecular formula is C22H29N3O5S. The van der Waals surface area contributed by atoms with Gasteiger partial charge in [0.2, 0.25) is 10.0 Å². The maximum absolute atomic E-state index is 12.9. The fraction of sp³-hybridized carbons (Fsp3) is 0.409. The van der Waals surface area contributed by atoms with Crippen molar-refractivity contribution in [2.75, 3.05) is 51.9 Å². The van der Waals surface area contributed by atoms with Crippen molar-refractivity contribution in [3.05, 3.63) is 59.2 Å². The zero-order valence-corrected chi connectivity index (χ0v) is 18.7. The van der Waals surface area contributed by atoms with E-state index in [-0.39, 0.29) is 24.0 Å². The molecule has 168 valence electrons. The van der Waals surface area contributed by atoms with Crippen LogP contribution in [0, 0.1) is 6.92 Å². The molecule has 1 aliphatic heterocycles. The molecule has 1 amide bonds. The van der Waals surface area contributed by atoms with Crippen molar-refractivity contribution in [3.63, 3.8) is 0 Å². The average Bonchev–Trinajstić information content (AvgIpc) is 2.75. The van der Waals surface area contributed by atoms with Gasteiger partial charge in [-0.05, 0) is 42.3 Å². The summed E-state index contributed by atoms with van der Waals surface area (Å²) in [5, 5.41) is 2.89. The average molecular weight is 448 g/mol. The lowest BCUT2D eigenvalue weighted by molar-refractivity contribution is 0.0342. The van der Waals surface area contributed by atoms with Crippen LogP contribution in [-0.4, -0.2) is 65.8 Å². The Balaban J connectivity index is 1.72. The number of sulfonamides is 1. The highest BCUT2D eigenvalue weighted by molar-refractivity contribution is 7.89. The van der Waals surface area contributed by atoms with Gasteiger partial charge in [0.1, 0.15) is 0 Å². The second-order valence-corrected chi connectivity index (χ2v) is 9.18. The summed E-state index contributed by atoms with van der Waals surface area (Å²) in [6.07, 6.45) is 0. The minimum Gasteiger partial charge on any atom is -0.383 e. The lowest BCUT2D eigenvalue weighted by Gasteiger charge is -2.26. The van der Waals surface area contributed by atoms with Gasteiger partial charge in [-0.1, -0.05) is 18.2 Å². The van der Waals surface area contributed by atoms with E-state index >= 15 is 0 Å². The molecule has 0 saturated carbocycles. The third-order valence-corrected chi connectivity index (χ3v) is 6.52. The predicted molar refractivity (Wildman–Crippen MR) is 119 cm³/mol. The van der Waals surface area contributed by atoms with Gasteiger partial charge < -0.3 is 14.8 Å². The van der Waals surface area contributed by atoms with Gasteiger partial charge in [0.05, 0.1) is 24.7 Å². The third-order valence-electron chi connectivity index (χ3n) is 5.06. The number of carbonyl (C=O) groups is 1. The number of ether oxygens (including phenoxy) is 2. The third kappa shape index (κ3) is 6.59. The number of carbonyl (C=O) groups excluding carboxylic acids is 1. The Hall–Kier alpha value is -2.30. The number of rotatable bonds is 9. The van der Waals surface area contributed by atoms with E-state index in [0.717, 1.165) is 38.4 Å². The standard InChI is InChI=1S/C22H29N3O5S/c1-17-6-7-20(31(27,28)23-8-11-29-2)15-21(17)22(26)24-19-5-3-4-18(14-19)16-25-9-12-30-13-10-25/h3-7,14-15,23H,8-13,16H2,1-2H3,(H,24,26). The van der Waals surface area contributed by atoms with Gasteiger partial charge in [0, 0.05) is 44.5 Å². The molecule has 1 saturated heterocycles. The summed E-state index contributed by atoms with van der Waals surface area (Å²) < 4.78 is 37.7. The molecule has 0 aliphatic carbocycles. The van der Waals surface area contributed by atoms with Crippen molar-refractivity contribution >= 4 is 21.6 Å². The topological polar surface area (TPSA) is 97.0 Å². The Morgan fingerprint density at radius 2 is 1.94 bits per heavy atom. The number of amides is 1. The molecule has 0 radical (unpaired) electrons. The van der Waals surface area contributed by atoms with Crippen LogP contribution in [0.15, 0.2) is 47.4 Å². The summed E-state index contributed by atoms with van der Waals surface area (Å²) in [7, 11) is -2.23. The number of morpholine rings is 1. The Kier molecular flexibility index (Phi) is 8.16. The van der Waals surface area contributed by atoms with Crippen LogP contribution in [-0.2, 0) is 26.0 Å². The SMILES string of the molecule is COCCNS(=O)(=O)c1ccc(C)c(C(=O)Nc2cccc(CN3CCOCC3)c2)c1. The zero-order chi connectivity index (χ0) is 22.3. The molecule has 1 heterocycles. The number of aryl methyl sites for hydroxylation is 1. The van der Waals surface area contributed by atoms with Crippen LogP contribution in [0.2, 0.25) is 0 Å². The summed E-state index contributed by atoms with van der Waals surface area (Å²) in [6, 6.07) is 12.2. The van der Waals surface area contributed by atoms with Crippen LogP contribution in [0.5, 0.6) is 0 Å². The first-order valence-corrected chi connectivity index (χ1v) is 11.7. The van der Waals surface area contributed by atoms with Crippen molar-refractivity contribution in [2.45, 2.75) is 18.4 Å². The normalized spacial score (nSPS) is 15.0. The number of anilines is 1.